The molecule has 1 fully saturated rings. The number of carbonyl (C=O) groups excluding carboxylic acids is 1. The lowest BCUT2D eigenvalue weighted by Gasteiger charge is -2.35. The topological polar surface area (TPSA) is 64.0 Å². The maximum atomic E-state index is 11.9. The van der Waals surface area contributed by atoms with Crippen LogP contribution in [0.3, 0.4) is 0 Å². The Morgan fingerprint density at radius 2 is 1.67 bits per heavy atom. The summed E-state index contributed by atoms with van der Waals surface area (Å²) in [6, 6.07) is 0. The molecule has 0 aromatic carbocycles. The molecule has 5 nitrogen and oxygen atoms in total. The summed E-state index contributed by atoms with van der Waals surface area (Å²) in [5, 5.41) is 18.3. The third-order valence-electron chi connectivity index (χ3n) is 4.10. The van der Waals surface area contributed by atoms with Gasteiger partial charge in [0, 0.05) is 39.1 Å². The number of nitrogens with zero attached hydrogens (tertiary/aromatic N) is 2. The minimum absolute atomic E-state index is 0.184. The number of aliphatic hydroxyl groups is 2. The van der Waals surface area contributed by atoms with Crippen molar-refractivity contribution in [1.82, 2.24) is 9.80 Å². The highest BCUT2D eigenvalue weighted by Gasteiger charge is 2.20. The van der Waals surface area contributed by atoms with Gasteiger partial charge in [-0.15, -0.1) is 0 Å². The molecule has 1 saturated heterocycles. The molecule has 0 aromatic rings. The van der Waals surface area contributed by atoms with Crippen molar-refractivity contribution < 1.29 is 15.0 Å². The minimum atomic E-state index is -0.652. The van der Waals surface area contributed by atoms with Gasteiger partial charge in [-0.25, -0.2) is 0 Å². The zero-order valence-electron chi connectivity index (χ0n) is 13.5. The van der Waals surface area contributed by atoms with Crippen LogP contribution in [0.1, 0.15) is 45.4 Å². The molecule has 0 radical (unpaired) electrons. The lowest BCUT2D eigenvalue weighted by atomic mass is 10.1. The Morgan fingerprint density at radius 3 is 2.29 bits per heavy atom. The average Bonchev–Trinajstić information content (AvgIpc) is 2.49. The summed E-state index contributed by atoms with van der Waals surface area (Å²) in [4.78, 5) is 16.3. The average molecular weight is 300 g/mol. The number of hydrogen-bond donors (Lipinski definition) is 2. The first-order valence-corrected chi connectivity index (χ1v) is 8.41. The van der Waals surface area contributed by atoms with Gasteiger partial charge in [-0.1, -0.05) is 32.6 Å². The van der Waals surface area contributed by atoms with Gasteiger partial charge in [-0.2, -0.15) is 0 Å². The smallest absolute Gasteiger partial charge is 0.146 e. The highest BCUT2D eigenvalue weighted by atomic mass is 16.3. The SMILES string of the molecule is CCCCCCCC(=O)CN1CCN(CC(O)CO)CC1. The van der Waals surface area contributed by atoms with E-state index in [4.69, 9.17) is 5.11 Å². The van der Waals surface area contributed by atoms with E-state index in [-0.39, 0.29) is 6.61 Å². The Labute approximate surface area is 128 Å². The Bertz CT molecular complexity index is 279. The number of unbranched alkanes of at least 4 members (excludes halogenated alkanes) is 4. The predicted molar refractivity (Wildman–Crippen MR) is 84.4 cm³/mol. The Balaban J connectivity index is 2.07. The van der Waals surface area contributed by atoms with E-state index in [1.165, 1.54) is 25.7 Å². The van der Waals surface area contributed by atoms with Crippen LogP contribution < -0.4 is 0 Å². The van der Waals surface area contributed by atoms with Crippen LogP contribution in [0.25, 0.3) is 0 Å². The summed E-state index contributed by atoms with van der Waals surface area (Å²) in [6.07, 6.45) is 6.02. The normalized spacial score (nSPS) is 18.8. The quantitative estimate of drug-likeness (QED) is 0.555. The van der Waals surface area contributed by atoms with Crippen molar-refractivity contribution in [2.24, 2.45) is 0 Å². The van der Waals surface area contributed by atoms with Gasteiger partial charge in [0.15, 0.2) is 0 Å². The summed E-state index contributed by atoms with van der Waals surface area (Å²) in [7, 11) is 0. The van der Waals surface area contributed by atoms with Crippen molar-refractivity contribution in [2.75, 3.05) is 45.9 Å². The first-order valence-electron chi connectivity index (χ1n) is 8.41. The highest BCUT2D eigenvalue weighted by Crippen LogP contribution is 2.07. The molecule has 1 heterocycles. The van der Waals surface area contributed by atoms with Crippen LogP contribution in [-0.4, -0.2) is 77.8 Å². The Morgan fingerprint density at radius 1 is 1.05 bits per heavy atom. The number of aliphatic hydroxyl groups excluding tert-OH is 2. The Kier molecular flexibility index (Phi) is 9.83. The fourth-order valence-corrected chi connectivity index (χ4v) is 2.74. The number of piperazine rings is 1. The van der Waals surface area contributed by atoms with Crippen LogP contribution in [-0.2, 0) is 4.79 Å². The van der Waals surface area contributed by atoms with Crippen LogP contribution in [0.5, 0.6) is 0 Å². The monoisotopic (exact) mass is 300 g/mol. The molecular formula is C16H32N2O3. The molecule has 1 atom stereocenters. The van der Waals surface area contributed by atoms with Crippen LogP contribution in [0.15, 0.2) is 0 Å². The zero-order chi connectivity index (χ0) is 15.5. The van der Waals surface area contributed by atoms with Gasteiger partial charge >= 0.3 is 0 Å². The summed E-state index contributed by atoms with van der Waals surface area (Å²) in [6.45, 7) is 6.59. The van der Waals surface area contributed by atoms with Gasteiger partial charge in [-0.3, -0.25) is 14.6 Å². The molecule has 1 aliphatic rings. The molecule has 0 amide bonds. The first kappa shape index (κ1) is 18.6. The fraction of sp³-hybridized carbons (Fsp3) is 0.938. The summed E-state index contributed by atoms with van der Waals surface area (Å²) in [5.74, 6) is 0.357. The van der Waals surface area contributed by atoms with Crippen LogP contribution >= 0.6 is 0 Å². The second-order valence-corrected chi connectivity index (χ2v) is 6.12. The molecule has 1 aliphatic heterocycles. The van der Waals surface area contributed by atoms with Gasteiger partial charge < -0.3 is 10.2 Å². The highest BCUT2D eigenvalue weighted by molar-refractivity contribution is 5.80. The van der Waals surface area contributed by atoms with Crippen molar-refractivity contribution in [1.29, 1.82) is 0 Å². The molecule has 5 heteroatoms. The summed E-state index contributed by atoms with van der Waals surface area (Å²) < 4.78 is 0. The molecule has 1 rings (SSSR count). The van der Waals surface area contributed by atoms with Gasteiger partial charge in [0.05, 0.1) is 19.3 Å². The molecule has 0 aliphatic carbocycles. The molecule has 21 heavy (non-hydrogen) atoms. The summed E-state index contributed by atoms with van der Waals surface area (Å²) in [5.41, 5.74) is 0. The van der Waals surface area contributed by atoms with Gasteiger partial charge in [0.2, 0.25) is 0 Å². The molecular weight excluding hydrogens is 268 g/mol. The largest absolute Gasteiger partial charge is 0.394 e. The van der Waals surface area contributed by atoms with E-state index in [1.807, 2.05) is 0 Å². The van der Waals surface area contributed by atoms with E-state index < -0.39 is 6.10 Å². The van der Waals surface area contributed by atoms with Crippen molar-refractivity contribution >= 4 is 5.78 Å². The van der Waals surface area contributed by atoms with Gasteiger partial charge in [0.1, 0.15) is 5.78 Å². The van der Waals surface area contributed by atoms with Crippen molar-refractivity contribution in [3.8, 4) is 0 Å². The molecule has 0 bridgehead atoms. The second kappa shape index (κ2) is 11.1. The Hall–Kier alpha value is -0.490. The molecule has 1 unspecified atom stereocenters. The van der Waals surface area contributed by atoms with E-state index in [9.17, 15) is 9.90 Å². The predicted octanol–water partition coefficient (Wildman–Crippen LogP) is 0.887. The minimum Gasteiger partial charge on any atom is -0.394 e. The van der Waals surface area contributed by atoms with Crippen LogP contribution in [0, 0.1) is 0 Å². The standard InChI is InChI=1S/C16H32N2O3/c1-2-3-4-5-6-7-15(20)12-17-8-10-18(11-9-17)13-16(21)14-19/h16,19,21H,2-14H2,1H3. The van der Waals surface area contributed by atoms with E-state index in [2.05, 4.69) is 16.7 Å². The van der Waals surface area contributed by atoms with Crippen molar-refractivity contribution in [2.45, 2.75) is 51.6 Å². The first-order chi connectivity index (χ1) is 10.2. The number of β-amino-alcohol motifs (C(OH)–C–C–N with tert-alkyl or cyclic N) is 1. The molecule has 124 valence electrons. The number of carbonyl (C=O) groups is 1. The van der Waals surface area contributed by atoms with E-state index in [1.54, 1.807) is 0 Å². The molecule has 2 N–H and O–H groups in total. The summed E-state index contributed by atoms with van der Waals surface area (Å²) >= 11 is 0. The maximum absolute atomic E-state index is 11.9. The number of hydrogen-bond acceptors (Lipinski definition) is 5. The number of rotatable bonds is 11. The lowest BCUT2D eigenvalue weighted by molar-refractivity contribution is -0.120. The third-order valence-corrected chi connectivity index (χ3v) is 4.10. The van der Waals surface area contributed by atoms with Crippen molar-refractivity contribution in [3.63, 3.8) is 0 Å². The zero-order valence-corrected chi connectivity index (χ0v) is 13.5. The number of ketones is 1. The lowest BCUT2D eigenvalue weighted by Crippen LogP contribution is -2.50. The van der Waals surface area contributed by atoms with Crippen LogP contribution in [0.2, 0.25) is 0 Å². The third kappa shape index (κ3) is 8.51. The van der Waals surface area contributed by atoms with Gasteiger partial charge in [0.25, 0.3) is 0 Å². The van der Waals surface area contributed by atoms with Crippen LogP contribution in [0.4, 0.5) is 0 Å². The van der Waals surface area contributed by atoms with E-state index in [0.717, 1.165) is 32.6 Å². The second-order valence-electron chi connectivity index (χ2n) is 6.12. The van der Waals surface area contributed by atoms with Gasteiger partial charge in [-0.05, 0) is 6.42 Å². The molecule has 0 spiro atoms. The maximum Gasteiger partial charge on any atom is 0.146 e. The van der Waals surface area contributed by atoms with Crippen molar-refractivity contribution in [3.05, 3.63) is 0 Å². The number of Topliss-reactive ketones (excluding diaryl/α,β-unsaturated/α-hetero) is 1. The molecule has 0 saturated carbocycles. The van der Waals surface area contributed by atoms with E-state index >= 15 is 0 Å². The van der Waals surface area contributed by atoms with E-state index in [0.29, 0.717) is 25.3 Å². The molecule has 0 aromatic heterocycles. The fourth-order valence-electron chi connectivity index (χ4n) is 2.74.